The van der Waals surface area contributed by atoms with E-state index in [1.165, 1.54) is 0 Å². The fraction of sp³-hybridized carbons (Fsp3) is 0.800. The summed E-state index contributed by atoms with van der Waals surface area (Å²) in [6.07, 6.45) is 8.85. The number of allylic oxidation sites excluding steroid dienone is 2. The fourth-order valence-corrected chi connectivity index (χ4v) is 10.2. The number of unbranched alkanes of at least 4 members (excludes halogenated alkanes) is 2. The van der Waals surface area contributed by atoms with Gasteiger partial charge in [0.2, 0.25) is 0 Å². The molecule has 0 saturated carbocycles. The molecule has 0 aliphatic heterocycles. The highest BCUT2D eigenvalue weighted by Gasteiger charge is 2.42. The van der Waals surface area contributed by atoms with E-state index in [0.717, 1.165) is 37.8 Å². The molecule has 0 unspecified atom stereocenters. The molecule has 0 aliphatic rings. The van der Waals surface area contributed by atoms with Crippen LogP contribution in [0.2, 0.25) is 12.1 Å². The first-order valence-electron chi connectivity index (χ1n) is 10.5. The standard InChI is InChI=1S/C20H42O4Si2/c1-7-13-15-17-25(21-9-3,22-10-4)19-20-26(23-11-5,24-12-6)18-16-14-8-2/h15-18H,7-14,19-20H2,1-6H3. The third-order valence-electron chi connectivity index (χ3n) is 4.03. The lowest BCUT2D eigenvalue weighted by Crippen LogP contribution is -2.46. The van der Waals surface area contributed by atoms with Gasteiger partial charge in [-0.15, -0.1) is 0 Å². The number of hydrogen-bond acceptors (Lipinski definition) is 4. The maximum absolute atomic E-state index is 6.21. The van der Waals surface area contributed by atoms with E-state index in [0.29, 0.717) is 26.4 Å². The Morgan fingerprint density at radius 2 is 0.846 bits per heavy atom. The van der Waals surface area contributed by atoms with Crippen LogP contribution >= 0.6 is 0 Å². The summed E-state index contributed by atoms with van der Waals surface area (Å²) in [5, 5.41) is 0. The highest BCUT2D eigenvalue weighted by molar-refractivity contribution is 6.78. The molecule has 0 radical (unpaired) electrons. The van der Waals surface area contributed by atoms with Crippen molar-refractivity contribution in [1.82, 2.24) is 0 Å². The topological polar surface area (TPSA) is 36.9 Å². The van der Waals surface area contributed by atoms with E-state index in [9.17, 15) is 0 Å². The summed E-state index contributed by atoms with van der Waals surface area (Å²) < 4.78 is 24.8. The van der Waals surface area contributed by atoms with Gasteiger partial charge in [-0.1, -0.05) is 38.8 Å². The molecular weight excluding hydrogens is 360 g/mol. The predicted molar refractivity (Wildman–Crippen MR) is 116 cm³/mol. The highest BCUT2D eigenvalue weighted by atomic mass is 28.4. The maximum atomic E-state index is 6.21. The maximum Gasteiger partial charge on any atom is 0.364 e. The van der Waals surface area contributed by atoms with Crippen LogP contribution in [-0.2, 0) is 17.7 Å². The van der Waals surface area contributed by atoms with Crippen molar-refractivity contribution in [1.29, 1.82) is 0 Å². The average Bonchev–Trinajstić information content (AvgIpc) is 2.61. The lowest BCUT2D eigenvalue weighted by molar-refractivity contribution is 0.183. The van der Waals surface area contributed by atoms with Crippen LogP contribution in [-0.4, -0.2) is 43.5 Å². The minimum atomic E-state index is -2.39. The SMILES string of the molecule is CCCC=C[Si](CC[Si](C=CCCC)(OCC)OCC)(OCC)OCC. The predicted octanol–water partition coefficient (Wildman–Crippen LogP) is 5.81. The van der Waals surface area contributed by atoms with Crippen molar-refractivity contribution in [2.75, 3.05) is 26.4 Å². The van der Waals surface area contributed by atoms with Crippen LogP contribution in [0.3, 0.4) is 0 Å². The van der Waals surface area contributed by atoms with Gasteiger partial charge in [-0.2, -0.15) is 0 Å². The molecule has 0 saturated heterocycles. The molecule has 0 amide bonds. The number of rotatable bonds is 17. The van der Waals surface area contributed by atoms with Gasteiger partial charge in [-0.25, -0.2) is 0 Å². The Bertz CT molecular complexity index is 338. The average molecular weight is 403 g/mol. The molecule has 0 N–H and O–H groups in total. The summed E-state index contributed by atoms with van der Waals surface area (Å²) in [7, 11) is -4.78. The van der Waals surface area contributed by atoms with E-state index in [1.807, 2.05) is 27.7 Å². The zero-order chi connectivity index (χ0) is 19.7. The van der Waals surface area contributed by atoms with Crippen LogP contribution in [0.15, 0.2) is 23.6 Å². The molecule has 0 aromatic rings. The van der Waals surface area contributed by atoms with Gasteiger partial charge in [0.1, 0.15) is 0 Å². The lowest BCUT2D eigenvalue weighted by Gasteiger charge is -2.32. The summed E-state index contributed by atoms with van der Waals surface area (Å²) in [6, 6.07) is 1.75. The van der Waals surface area contributed by atoms with Crippen LogP contribution in [0, 0.1) is 0 Å². The van der Waals surface area contributed by atoms with Crippen molar-refractivity contribution in [3.8, 4) is 0 Å². The Hall–Kier alpha value is -0.246. The van der Waals surface area contributed by atoms with Crippen molar-refractivity contribution in [2.45, 2.75) is 79.3 Å². The molecule has 6 heteroatoms. The Balaban J connectivity index is 5.43. The van der Waals surface area contributed by atoms with Crippen molar-refractivity contribution >= 4 is 17.1 Å². The van der Waals surface area contributed by atoms with Crippen molar-refractivity contribution in [2.24, 2.45) is 0 Å². The summed E-state index contributed by atoms with van der Waals surface area (Å²) in [5.41, 5.74) is 4.46. The first kappa shape index (κ1) is 25.8. The van der Waals surface area contributed by atoms with Crippen LogP contribution in [0.25, 0.3) is 0 Å². The quantitative estimate of drug-likeness (QED) is 0.288. The van der Waals surface area contributed by atoms with Gasteiger partial charge in [0.05, 0.1) is 0 Å². The highest BCUT2D eigenvalue weighted by Crippen LogP contribution is 2.27. The van der Waals surface area contributed by atoms with Crippen LogP contribution in [0.5, 0.6) is 0 Å². The second kappa shape index (κ2) is 15.8. The summed E-state index contributed by atoms with van der Waals surface area (Å²) in [6.45, 7) is 15.3. The second-order valence-electron chi connectivity index (χ2n) is 6.24. The molecule has 0 fully saturated rings. The zero-order valence-corrected chi connectivity index (χ0v) is 20.0. The van der Waals surface area contributed by atoms with Gasteiger partial charge < -0.3 is 17.7 Å². The first-order valence-corrected chi connectivity index (χ1v) is 14.7. The van der Waals surface area contributed by atoms with E-state index in [4.69, 9.17) is 17.7 Å². The molecule has 154 valence electrons. The first-order chi connectivity index (χ1) is 12.6. The van der Waals surface area contributed by atoms with Crippen LogP contribution < -0.4 is 0 Å². The van der Waals surface area contributed by atoms with Gasteiger partial charge in [0.25, 0.3) is 0 Å². The molecular formula is C20H42O4Si2. The van der Waals surface area contributed by atoms with E-state index in [-0.39, 0.29) is 0 Å². The number of hydrogen-bond donors (Lipinski definition) is 0. The van der Waals surface area contributed by atoms with Crippen molar-refractivity contribution < 1.29 is 17.7 Å². The molecule has 26 heavy (non-hydrogen) atoms. The van der Waals surface area contributed by atoms with E-state index in [2.05, 4.69) is 37.4 Å². The van der Waals surface area contributed by atoms with E-state index < -0.39 is 17.1 Å². The second-order valence-corrected chi connectivity index (χ2v) is 12.3. The Morgan fingerprint density at radius 1 is 0.538 bits per heavy atom. The Kier molecular flexibility index (Phi) is 15.6. The minimum Gasteiger partial charge on any atom is -0.392 e. The van der Waals surface area contributed by atoms with Gasteiger partial charge in [0, 0.05) is 26.4 Å². The third kappa shape index (κ3) is 10.2. The molecule has 0 bridgehead atoms. The lowest BCUT2D eigenvalue weighted by atomic mass is 10.3. The van der Waals surface area contributed by atoms with Gasteiger partial charge >= 0.3 is 17.1 Å². The van der Waals surface area contributed by atoms with Crippen LogP contribution in [0.1, 0.15) is 67.2 Å². The molecule has 0 rings (SSSR count). The van der Waals surface area contributed by atoms with Gasteiger partial charge in [-0.05, 0) is 64.0 Å². The molecule has 0 spiro atoms. The van der Waals surface area contributed by atoms with Crippen molar-refractivity contribution in [3.05, 3.63) is 23.6 Å². The van der Waals surface area contributed by atoms with Gasteiger partial charge in [0.15, 0.2) is 0 Å². The molecule has 0 atom stereocenters. The summed E-state index contributed by atoms with van der Waals surface area (Å²) in [5.74, 6) is 0. The Labute approximate surface area is 164 Å². The minimum absolute atomic E-state index is 0.673. The smallest absolute Gasteiger partial charge is 0.364 e. The third-order valence-corrected chi connectivity index (χ3v) is 11.0. The van der Waals surface area contributed by atoms with E-state index >= 15 is 0 Å². The summed E-state index contributed by atoms with van der Waals surface area (Å²) >= 11 is 0. The van der Waals surface area contributed by atoms with Gasteiger partial charge in [-0.3, -0.25) is 0 Å². The van der Waals surface area contributed by atoms with E-state index in [1.54, 1.807) is 0 Å². The molecule has 0 aliphatic carbocycles. The zero-order valence-electron chi connectivity index (χ0n) is 18.0. The fourth-order valence-electron chi connectivity index (χ4n) is 2.92. The molecule has 4 nitrogen and oxygen atoms in total. The monoisotopic (exact) mass is 402 g/mol. The molecule has 0 aromatic carbocycles. The van der Waals surface area contributed by atoms with Crippen molar-refractivity contribution in [3.63, 3.8) is 0 Å². The molecule has 0 heterocycles. The molecule has 0 aromatic heterocycles. The normalized spacial score (nSPS) is 13.3. The van der Waals surface area contributed by atoms with Crippen LogP contribution in [0.4, 0.5) is 0 Å². The summed E-state index contributed by atoms with van der Waals surface area (Å²) in [4.78, 5) is 0. The Morgan fingerprint density at radius 3 is 1.08 bits per heavy atom. The largest absolute Gasteiger partial charge is 0.392 e.